The molecular formula is C16H13N5O2. The van der Waals surface area contributed by atoms with Crippen LogP contribution in [0.4, 0.5) is 0 Å². The van der Waals surface area contributed by atoms with E-state index in [4.69, 9.17) is 4.74 Å². The Kier molecular flexibility index (Phi) is 3.04. The van der Waals surface area contributed by atoms with Gasteiger partial charge in [-0.2, -0.15) is 0 Å². The van der Waals surface area contributed by atoms with Crippen LogP contribution in [0.3, 0.4) is 0 Å². The van der Waals surface area contributed by atoms with Crippen molar-refractivity contribution in [3.05, 3.63) is 59.2 Å². The van der Waals surface area contributed by atoms with E-state index in [1.807, 2.05) is 18.2 Å². The van der Waals surface area contributed by atoms with Crippen molar-refractivity contribution in [2.45, 2.75) is 6.54 Å². The second kappa shape index (κ2) is 5.20. The fourth-order valence-electron chi connectivity index (χ4n) is 2.53. The van der Waals surface area contributed by atoms with Gasteiger partial charge in [-0.3, -0.25) is 14.3 Å². The van der Waals surface area contributed by atoms with Crippen LogP contribution in [0.5, 0.6) is 5.75 Å². The van der Waals surface area contributed by atoms with Crippen LogP contribution < -0.4 is 10.3 Å². The zero-order valence-corrected chi connectivity index (χ0v) is 12.4. The molecule has 0 unspecified atom stereocenters. The summed E-state index contributed by atoms with van der Waals surface area (Å²) in [6, 6.07) is 7.27. The van der Waals surface area contributed by atoms with Crippen molar-refractivity contribution in [1.29, 1.82) is 0 Å². The first-order chi connectivity index (χ1) is 11.2. The summed E-state index contributed by atoms with van der Waals surface area (Å²) in [7, 11) is 1.62. The monoisotopic (exact) mass is 307 g/mol. The normalized spacial score (nSPS) is 11.2. The van der Waals surface area contributed by atoms with Gasteiger partial charge in [-0.1, -0.05) is 0 Å². The number of H-pyrrole nitrogens is 1. The minimum atomic E-state index is -0.115. The van der Waals surface area contributed by atoms with Crippen LogP contribution in [0.2, 0.25) is 0 Å². The maximum Gasteiger partial charge on any atom is 0.261 e. The second-order valence-corrected chi connectivity index (χ2v) is 5.14. The van der Waals surface area contributed by atoms with Crippen molar-refractivity contribution >= 4 is 21.9 Å². The van der Waals surface area contributed by atoms with E-state index in [9.17, 15) is 4.79 Å². The van der Waals surface area contributed by atoms with Gasteiger partial charge in [-0.15, -0.1) is 0 Å². The molecule has 4 aromatic rings. The molecule has 0 aliphatic heterocycles. The molecule has 0 saturated heterocycles. The number of aromatic nitrogens is 5. The summed E-state index contributed by atoms with van der Waals surface area (Å²) >= 11 is 0. The lowest BCUT2D eigenvalue weighted by atomic mass is 10.3. The molecular weight excluding hydrogens is 294 g/mol. The molecule has 3 heterocycles. The Labute approximate surface area is 130 Å². The van der Waals surface area contributed by atoms with Gasteiger partial charge in [0.25, 0.3) is 5.56 Å². The summed E-state index contributed by atoms with van der Waals surface area (Å²) in [4.78, 5) is 28.4. The van der Waals surface area contributed by atoms with Crippen LogP contribution in [0.15, 0.2) is 47.8 Å². The van der Waals surface area contributed by atoms with Gasteiger partial charge in [0.2, 0.25) is 0 Å². The minimum absolute atomic E-state index is 0.115. The van der Waals surface area contributed by atoms with E-state index >= 15 is 0 Å². The highest BCUT2D eigenvalue weighted by molar-refractivity contribution is 5.77. The van der Waals surface area contributed by atoms with E-state index in [0.717, 1.165) is 16.8 Å². The van der Waals surface area contributed by atoms with E-state index in [0.29, 0.717) is 23.3 Å². The summed E-state index contributed by atoms with van der Waals surface area (Å²) in [5, 5.41) is 0.542. The van der Waals surface area contributed by atoms with Gasteiger partial charge in [0.1, 0.15) is 11.6 Å². The first kappa shape index (κ1) is 13.4. The van der Waals surface area contributed by atoms with Gasteiger partial charge in [0.05, 0.1) is 48.1 Å². The number of rotatable bonds is 3. The number of nitrogens with zero attached hydrogens (tertiary/aromatic N) is 4. The zero-order valence-electron chi connectivity index (χ0n) is 12.4. The molecule has 4 rings (SSSR count). The molecule has 7 heteroatoms. The molecule has 114 valence electrons. The van der Waals surface area contributed by atoms with E-state index < -0.39 is 0 Å². The molecule has 7 nitrogen and oxygen atoms in total. The second-order valence-electron chi connectivity index (χ2n) is 5.14. The molecule has 0 aliphatic carbocycles. The summed E-state index contributed by atoms with van der Waals surface area (Å²) in [5.74, 6) is 1.44. The Bertz CT molecular complexity index is 1070. The van der Waals surface area contributed by atoms with Crippen LogP contribution in [0.1, 0.15) is 5.82 Å². The molecule has 0 saturated carbocycles. The molecule has 0 fully saturated rings. The standard InChI is InChI=1S/C16H13N5O2/c1-23-10-2-3-12-13(6-10)20-15(19-12)8-21-9-18-14-7-17-5-4-11(14)16(21)22/h2-7,9H,8H2,1H3,(H,19,20). The van der Waals surface area contributed by atoms with E-state index in [-0.39, 0.29) is 5.56 Å². The summed E-state index contributed by atoms with van der Waals surface area (Å²) < 4.78 is 6.72. The highest BCUT2D eigenvalue weighted by Crippen LogP contribution is 2.18. The molecule has 1 N–H and O–H groups in total. The largest absolute Gasteiger partial charge is 0.497 e. The first-order valence-corrected chi connectivity index (χ1v) is 7.06. The highest BCUT2D eigenvalue weighted by atomic mass is 16.5. The van der Waals surface area contributed by atoms with Crippen LogP contribution in [0, 0.1) is 0 Å². The fraction of sp³-hybridized carbons (Fsp3) is 0.125. The van der Waals surface area contributed by atoms with Crippen molar-refractivity contribution in [3.8, 4) is 5.75 Å². The smallest absolute Gasteiger partial charge is 0.261 e. The molecule has 0 amide bonds. The molecule has 1 aromatic carbocycles. The summed E-state index contributed by atoms with van der Waals surface area (Å²) in [6.07, 6.45) is 4.68. The number of aromatic amines is 1. The van der Waals surface area contributed by atoms with Crippen molar-refractivity contribution in [1.82, 2.24) is 24.5 Å². The fourth-order valence-corrected chi connectivity index (χ4v) is 2.53. The third-order valence-electron chi connectivity index (χ3n) is 3.69. The van der Waals surface area contributed by atoms with Crippen LogP contribution >= 0.6 is 0 Å². The van der Waals surface area contributed by atoms with Gasteiger partial charge in [-0.25, -0.2) is 9.97 Å². The lowest BCUT2D eigenvalue weighted by Gasteiger charge is -2.03. The maximum absolute atomic E-state index is 12.5. The maximum atomic E-state index is 12.5. The van der Waals surface area contributed by atoms with E-state index in [1.165, 1.54) is 10.9 Å². The Hall–Kier alpha value is -3.22. The first-order valence-electron chi connectivity index (χ1n) is 7.06. The number of hydrogen-bond acceptors (Lipinski definition) is 5. The molecule has 0 atom stereocenters. The zero-order chi connectivity index (χ0) is 15.8. The van der Waals surface area contributed by atoms with Gasteiger partial charge >= 0.3 is 0 Å². The van der Waals surface area contributed by atoms with E-state index in [2.05, 4.69) is 19.9 Å². The number of pyridine rings is 1. The number of imidazole rings is 1. The van der Waals surface area contributed by atoms with Crippen molar-refractivity contribution < 1.29 is 4.74 Å². The van der Waals surface area contributed by atoms with Gasteiger partial charge in [0, 0.05) is 12.3 Å². The average molecular weight is 307 g/mol. The Morgan fingerprint density at radius 2 is 2.17 bits per heavy atom. The lowest BCUT2D eigenvalue weighted by molar-refractivity contribution is 0.415. The van der Waals surface area contributed by atoms with Gasteiger partial charge in [0.15, 0.2) is 0 Å². The number of methoxy groups -OCH3 is 1. The predicted molar refractivity (Wildman–Crippen MR) is 85.5 cm³/mol. The minimum Gasteiger partial charge on any atom is -0.497 e. The number of ether oxygens (including phenoxy) is 1. The highest BCUT2D eigenvalue weighted by Gasteiger charge is 2.08. The number of hydrogen-bond donors (Lipinski definition) is 1. The topological polar surface area (TPSA) is 85.7 Å². The van der Waals surface area contributed by atoms with Gasteiger partial charge in [-0.05, 0) is 18.2 Å². The Balaban J connectivity index is 1.75. The van der Waals surface area contributed by atoms with E-state index in [1.54, 1.807) is 25.6 Å². The third kappa shape index (κ3) is 2.32. The number of benzene rings is 1. The van der Waals surface area contributed by atoms with Crippen LogP contribution in [0.25, 0.3) is 21.9 Å². The molecule has 3 aromatic heterocycles. The average Bonchev–Trinajstić information content (AvgIpc) is 2.99. The van der Waals surface area contributed by atoms with Crippen LogP contribution in [-0.2, 0) is 6.54 Å². The molecule has 23 heavy (non-hydrogen) atoms. The lowest BCUT2D eigenvalue weighted by Crippen LogP contribution is -2.21. The quantitative estimate of drug-likeness (QED) is 0.623. The predicted octanol–water partition coefficient (Wildman–Crippen LogP) is 1.72. The Morgan fingerprint density at radius 3 is 3.04 bits per heavy atom. The van der Waals surface area contributed by atoms with Gasteiger partial charge < -0.3 is 9.72 Å². The summed E-state index contributed by atoms with van der Waals surface area (Å²) in [5.41, 5.74) is 2.16. The van der Waals surface area contributed by atoms with Crippen LogP contribution in [-0.4, -0.2) is 31.6 Å². The number of nitrogens with one attached hydrogen (secondary N) is 1. The van der Waals surface area contributed by atoms with Crippen molar-refractivity contribution in [2.75, 3.05) is 7.11 Å². The van der Waals surface area contributed by atoms with Crippen molar-refractivity contribution in [2.24, 2.45) is 0 Å². The third-order valence-corrected chi connectivity index (χ3v) is 3.69. The molecule has 0 spiro atoms. The Morgan fingerprint density at radius 1 is 1.26 bits per heavy atom. The van der Waals surface area contributed by atoms with Crippen molar-refractivity contribution in [3.63, 3.8) is 0 Å². The number of fused-ring (bicyclic) bond motifs is 2. The summed E-state index contributed by atoms with van der Waals surface area (Å²) in [6.45, 7) is 0.321. The molecule has 0 radical (unpaired) electrons. The molecule has 0 bridgehead atoms. The SMILES string of the molecule is COc1ccc2nc(Cn3cnc4cnccc4c3=O)[nH]c2c1. The molecule has 0 aliphatic rings.